The van der Waals surface area contributed by atoms with Crippen molar-refractivity contribution in [1.29, 1.82) is 0 Å². The first-order chi connectivity index (χ1) is 12.0. The zero-order valence-corrected chi connectivity index (χ0v) is 15.0. The molecule has 0 radical (unpaired) electrons. The minimum absolute atomic E-state index is 0.113. The van der Waals surface area contributed by atoms with Crippen molar-refractivity contribution < 1.29 is 4.79 Å². The Morgan fingerprint density at radius 3 is 2.52 bits per heavy atom. The third-order valence-corrected chi connectivity index (χ3v) is 4.13. The molecule has 1 N–H and O–H groups in total. The Kier molecular flexibility index (Phi) is 4.70. The van der Waals surface area contributed by atoms with Gasteiger partial charge in [-0.15, -0.1) is 5.10 Å². The highest BCUT2D eigenvalue weighted by Crippen LogP contribution is 2.17. The van der Waals surface area contributed by atoms with Gasteiger partial charge in [-0.05, 0) is 49.7 Å². The van der Waals surface area contributed by atoms with Gasteiger partial charge in [-0.25, -0.2) is 4.68 Å². The van der Waals surface area contributed by atoms with Gasteiger partial charge in [0.1, 0.15) is 5.52 Å². The molecule has 0 aliphatic carbocycles. The van der Waals surface area contributed by atoms with Crippen molar-refractivity contribution in [3.63, 3.8) is 0 Å². The number of carbonyl (C=O) groups is 1. The van der Waals surface area contributed by atoms with Crippen LogP contribution in [0.15, 0.2) is 42.5 Å². The summed E-state index contributed by atoms with van der Waals surface area (Å²) >= 11 is 0. The first-order valence-corrected chi connectivity index (χ1v) is 8.35. The van der Waals surface area contributed by atoms with E-state index < -0.39 is 0 Å². The van der Waals surface area contributed by atoms with E-state index >= 15 is 0 Å². The summed E-state index contributed by atoms with van der Waals surface area (Å²) in [5, 5.41) is 11.2. The van der Waals surface area contributed by atoms with E-state index in [0.29, 0.717) is 12.1 Å². The van der Waals surface area contributed by atoms with E-state index in [1.165, 1.54) is 0 Å². The van der Waals surface area contributed by atoms with Crippen molar-refractivity contribution in [2.75, 3.05) is 19.0 Å². The molecule has 25 heavy (non-hydrogen) atoms. The zero-order chi connectivity index (χ0) is 18.0. The molecule has 0 unspecified atom stereocenters. The van der Waals surface area contributed by atoms with Crippen LogP contribution in [0.4, 0.5) is 5.69 Å². The Morgan fingerprint density at radius 2 is 1.88 bits per heavy atom. The van der Waals surface area contributed by atoms with Crippen LogP contribution < -0.4 is 10.2 Å². The van der Waals surface area contributed by atoms with Crippen molar-refractivity contribution in [2.24, 2.45) is 0 Å². The fraction of sp³-hybridized carbons (Fsp3) is 0.316. The number of carbonyl (C=O) groups excluding carboxylic acids is 1. The van der Waals surface area contributed by atoms with Crippen LogP contribution in [0, 0.1) is 0 Å². The van der Waals surface area contributed by atoms with Crippen LogP contribution in [0.3, 0.4) is 0 Å². The average Bonchev–Trinajstić information content (AvgIpc) is 3.03. The van der Waals surface area contributed by atoms with Gasteiger partial charge in [-0.2, -0.15) is 0 Å². The molecule has 0 saturated carbocycles. The van der Waals surface area contributed by atoms with Gasteiger partial charge in [-0.1, -0.05) is 17.3 Å². The summed E-state index contributed by atoms with van der Waals surface area (Å²) in [6, 6.07) is 13.8. The fourth-order valence-corrected chi connectivity index (χ4v) is 2.66. The number of fused-ring (bicyclic) bond motifs is 1. The topological polar surface area (TPSA) is 63.1 Å². The van der Waals surface area contributed by atoms with Gasteiger partial charge in [0.2, 0.25) is 0 Å². The molecule has 1 aromatic heterocycles. The Bertz CT molecular complexity index is 880. The summed E-state index contributed by atoms with van der Waals surface area (Å²) in [6.45, 7) is 4.59. The monoisotopic (exact) mass is 337 g/mol. The van der Waals surface area contributed by atoms with Gasteiger partial charge >= 0.3 is 0 Å². The molecular formula is C19H23N5O. The molecule has 0 aliphatic heterocycles. The Balaban J connectivity index is 1.69. The highest BCUT2D eigenvalue weighted by Gasteiger charge is 2.11. The van der Waals surface area contributed by atoms with E-state index in [1.807, 2.05) is 60.1 Å². The number of rotatable bonds is 5. The molecule has 6 heteroatoms. The second kappa shape index (κ2) is 6.93. The lowest BCUT2D eigenvalue weighted by atomic mass is 10.1. The van der Waals surface area contributed by atoms with Gasteiger partial charge in [0, 0.05) is 37.9 Å². The predicted molar refractivity (Wildman–Crippen MR) is 99.9 cm³/mol. The van der Waals surface area contributed by atoms with E-state index in [4.69, 9.17) is 0 Å². The molecule has 0 saturated heterocycles. The van der Waals surface area contributed by atoms with E-state index in [-0.39, 0.29) is 11.9 Å². The largest absolute Gasteiger partial charge is 0.378 e. The molecule has 0 spiro atoms. The maximum Gasteiger partial charge on any atom is 0.251 e. The quantitative estimate of drug-likeness (QED) is 0.777. The van der Waals surface area contributed by atoms with Gasteiger partial charge in [0.25, 0.3) is 5.91 Å². The van der Waals surface area contributed by atoms with Gasteiger partial charge in [-0.3, -0.25) is 4.79 Å². The van der Waals surface area contributed by atoms with Crippen LogP contribution in [0.1, 0.15) is 35.8 Å². The lowest BCUT2D eigenvalue weighted by Crippen LogP contribution is -2.22. The summed E-state index contributed by atoms with van der Waals surface area (Å²) in [4.78, 5) is 14.4. The Labute approximate surface area is 147 Å². The smallest absolute Gasteiger partial charge is 0.251 e. The molecule has 2 aromatic carbocycles. The molecule has 0 bridgehead atoms. The number of benzene rings is 2. The Hall–Kier alpha value is -2.89. The molecule has 130 valence electrons. The second-order valence-corrected chi connectivity index (χ2v) is 6.57. The number of hydrogen-bond donors (Lipinski definition) is 1. The molecule has 0 fully saturated rings. The van der Waals surface area contributed by atoms with Crippen molar-refractivity contribution in [3.05, 3.63) is 53.6 Å². The normalized spacial score (nSPS) is 11.1. The van der Waals surface area contributed by atoms with Crippen LogP contribution in [0.5, 0.6) is 0 Å². The van der Waals surface area contributed by atoms with Crippen molar-refractivity contribution >= 4 is 22.6 Å². The summed E-state index contributed by atoms with van der Waals surface area (Å²) < 4.78 is 1.85. The number of anilines is 1. The van der Waals surface area contributed by atoms with Crippen molar-refractivity contribution in [1.82, 2.24) is 20.3 Å². The van der Waals surface area contributed by atoms with Crippen LogP contribution in [0.25, 0.3) is 11.0 Å². The van der Waals surface area contributed by atoms with Crippen molar-refractivity contribution in [3.8, 4) is 0 Å². The van der Waals surface area contributed by atoms with Gasteiger partial charge in [0.15, 0.2) is 0 Å². The second-order valence-electron chi connectivity index (χ2n) is 6.57. The standard InChI is InChI=1S/C19H23N5O/c1-13(2)24-18-10-7-15(11-17(18)21-22-24)19(25)20-12-14-5-8-16(9-6-14)23(3)4/h5-11,13H,12H2,1-4H3,(H,20,25). The summed E-state index contributed by atoms with van der Waals surface area (Å²) in [5.74, 6) is -0.113. The fourth-order valence-electron chi connectivity index (χ4n) is 2.66. The lowest BCUT2D eigenvalue weighted by molar-refractivity contribution is 0.0951. The average molecular weight is 337 g/mol. The summed E-state index contributed by atoms with van der Waals surface area (Å²) in [5.41, 5.74) is 4.45. The predicted octanol–water partition coefficient (Wildman–Crippen LogP) is 3.01. The number of hydrogen-bond acceptors (Lipinski definition) is 4. The maximum absolute atomic E-state index is 12.4. The lowest BCUT2D eigenvalue weighted by Gasteiger charge is -2.13. The van der Waals surface area contributed by atoms with Crippen LogP contribution in [-0.4, -0.2) is 35.0 Å². The third-order valence-electron chi connectivity index (χ3n) is 4.13. The molecule has 6 nitrogen and oxygen atoms in total. The Morgan fingerprint density at radius 1 is 1.16 bits per heavy atom. The molecule has 3 aromatic rings. The molecule has 0 aliphatic rings. The summed E-state index contributed by atoms with van der Waals surface area (Å²) in [7, 11) is 4.00. The minimum atomic E-state index is -0.113. The third kappa shape index (κ3) is 3.63. The van der Waals surface area contributed by atoms with E-state index in [2.05, 4.69) is 29.5 Å². The number of nitrogens with zero attached hydrogens (tertiary/aromatic N) is 4. The molecule has 1 heterocycles. The molecular weight excluding hydrogens is 314 g/mol. The van der Waals surface area contributed by atoms with Crippen LogP contribution >= 0.6 is 0 Å². The van der Waals surface area contributed by atoms with E-state index in [9.17, 15) is 4.79 Å². The maximum atomic E-state index is 12.4. The zero-order valence-electron chi connectivity index (χ0n) is 15.0. The first kappa shape index (κ1) is 17.0. The molecule has 0 atom stereocenters. The number of amides is 1. The minimum Gasteiger partial charge on any atom is -0.378 e. The van der Waals surface area contributed by atoms with E-state index in [0.717, 1.165) is 22.3 Å². The van der Waals surface area contributed by atoms with E-state index in [1.54, 1.807) is 6.07 Å². The van der Waals surface area contributed by atoms with Crippen molar-refractivity contribution in [2.45, 2.75) is 26.4 Å². The SMILES string of the molecule is CC(C)n1nnc2cc(C(=O)NCc3ccc(N(C)C)cc3)ccc21. The molecule has 3 rings (SSSR count). The van der Waals surface area contributed by atoms with Crippen LogP contribution in [-0.2, 0) is 6.54 Å². The number of aromatic nitrogens is 3. The highest BCUT2D eigenvalue weighted by molar-refractivity contribution is 5.97. The number of nitrogens with one attached hydrogen (secondary N) is 1. The van der Waals surface area contributed by atoms with Gasteiger partial charge in [0.05, 0.1) is 5.52 Å². The molecule has 1 amide bonds. The van der Waals surface area contributed by atoms with Gasteiger partial charge < -0.3 is 10.2 Å². The summed E-state index contributed by atoms with van der Waals surface area (Å²) in [6.07, 6.45) is 0. The highest BCUT2D eigenvalue weighted by atomic mass is 16.1. The van der Waals surface area contributed by atoms with Crippen LogP contribution in [0.2, 0.25) is 0 Å². The first-order valence-electron chi connectivity index (χ1n) is 8.35.